The molecule has 0 saturated heterocycles. The van der Waals surface area contributed by atoms with Crippen molar-refractivity contribution in [2.75, 3.05) is 13.4 Å². The molecule has 34 heavy (non-hydrogen) atoms. The maximum atomic E-state index is 11.7. The number of carbonyl (C=O) groups is 1. The molecule has 1 heterocycles. The van der Waals surface area contributed by atoms with Gasteiger partial charge in [-0.1, -0.05) is 29.5 Å². The molecule has 1 aromatic heterocycles. The molecule has 1 saturated carbocycles. The summed E-state index contributed by atoms with van der Waals surface area (Å²) in [5.74, 6) is 0.00222. The zero-order valence-corrected chi connectivity index (χ0v) is 19.9. The van der Waals surface area contributed by atoms with Crippen LogP contribution in [-0.4, -0.2) is 54.0 Å². The highest BCUT2D eigenvalue weighted by Crippen LogP contribution is 2.35. The number of nitrogens with zero attached hydrogens (tertiary/aromatic N) is 3. The lowest BCUT2D eigenvalue weighted by molar-refractivity contribution is 0.0676. The predicted octanol–water partition coefficient (Wildman–Crippen LogP) is 3.54. The van der Waals surface area contributed by atoms with Crippen LogP contribution in [-0.2, 0) is 16.4 Å². The van der Waals surface area contributed by atoms with Crippen molar-refractivity contribution in [3.63, 3.8) is 0 Å². The second-order valence-electron chi connectivity index (χ2n) is 8.49. The molecule has 3 aromatic rings. The van der Waals surface area contributed by atoms with Crippen LogP contribution in [0.2, 0.25) is 0 Å². The van der Waals surface area contributed by atoms with Gasteiger partial charge in [0.1, 0.15) is 11.9 Å². The number of aromatic nitrogens is 3. The number of methoxy groups -OCH3 is 1. The molecule has 0 radical (unpaired) electrons. The molecule has 1 fully saturated rings. The molecule has 1 aliphatic rings. The van der Waals surface area contributed by atoms with E-state index in [4.69, 9.17) is 9.47 Å². The minimum Gasteiger partial charge on any atom is -0.497 e. The zero-order chi connectivity index (χ0) is 24.3. The second-order valence-corrected chi connectivity index (χ2v) is 10.5. The van der Waals surface area contributed by atoms with Gasteiger partial charge in [-0.25, -0.2) is 17.9 Å². The highest BCUT2D eigenvalue weighted by atomic mass is 32.2. The maximum absolute atomic E-state index is 11.7. The highest BCUT2D eigenvalue weighted by Gasteiger charge is 2.28. The number of benzene rings is 2. The number of rotatable bonds is 8. The van der Waals surface area contributed by atoms with Crippen LogP contribution in [0.1, 0.15) is 53.2 Å². The largest absolute Gasteiger partial charge is 0.497 e. The Kier molecular flexibility index (Phi) is 6.87. The van der Waals surface area contributed by atoms with E-state index in [2.05, 4.69) is 10.3 Å². The molecule has 0 unspecified atom stereocenters. The van der Waals surface area contributed by atoms with Gasteiger partial charge in [-0.3, -0.25) is 0 Å². The van der Waals surface area contributed by atoms with Crippen molar-refractivity contribution in [2.45, 2.75) is 49.1 Å². The lowest BCUT2D eigenvalue weighted by Crippen LogP contribution is -2.25. The van der Waals surface area contributed by atoms with Gasteiger partial charge in [0.15, 0.2) is 9.84 Å². The van der Waals surface area contributed by atoms with E-state index in [-0.39, 0.29) is 17.7 Å². The molecular weight excluding hydrogens is 458 g/mol. The topological polar surface area (TPSA) is 121 Å². The molecule has 0 aliphatic heterocycles. The Labute approximate surface area is 198 Å². The lowest BCUT2D eigenvalue weighted by Gasteiger charge is -2.29. The van der Waals surface area contributed by atoms with E-state index in [0.29, 0.717) is 17.4 Å². The number of hydrogen-bond acceptors (Lipinski definition) is 7. The van der Waals surface area contributed by atoms with Crippen LogP contribution in [0.5, 0.6) is 11.6 Å². The third-order valence-corrected chi connectivity index (χ3v) is 7.24. The summed E-state index contributed by atoms with van der Waals surface area (Å²) in [7, 11) is -1.62. The van der Waals surface area contributed by atoms with Gasteiger partial charge in [0.2, 0.25) is 11.6 Å². The number of sulfone groups is 1. The van der Waals surface area contributed by atoms with Gasteiger partial charge >= 0.3 is 5.97 Å². The summed E-state index contributed by atoms with van der Waals surface area (Å²) in [6.07, 6.45) is 4.23. The van der Waals surface area contributed by atoms with E-state index in [1.807, 2.05) is 36.4 Å². The van der Waals surface area contributed by atoms with Gasteiger partial charge in [-0.15, -0.1) is 5.10 Å². The van der Waals surface area contributed by atoms with E-state index in [1.165, 1.54) is 10.9 Å². The molecule has 4 rings (SSSR count). The fourth-order valence-corrected chi connectivity index (χ4v) is 4.85. The quantitative estimate of drug-likeness (QED) is 0.514. The number of carboxylic acids is 1. The first-order valence-corrected chi connectivity index (χ1v) is 12.9. The zero-order valence-electron chi connectivity index (χ0n) is 19.0. The molecule has 0 amide bonds. The van der Waals surface area contributed by atoms with Gasteiger partial charge in [0.25, 0.3) is 0 Å². The normalized spacial score (nSPS) is 18.4. The SMILES string of the molecule is COc1ccc(Cn2nnc(C(=O)O)c2OC2CCC(c3ccc(S(C)(=O)=O)cc3)CC2)cc1. The number of carboxylic acid groups (broad SMARTS) is 1. The molecular formula is C24H27N3O6S. The highest BCUT2D eigenvalue weighted by molar-refractivity contribution is 7.90. The van der Waals surface area contributed by atoms with E-state index >= 15 is 0 Å². The molecule has 1 N–H and O–H groups in total. The van der Waals surface area contributed by atoms with Crippen molar-refractivity contribution in [3.05, 3.63) is 65.4 Å². The van der Waals surface area contributed by atoms with Gasteiger partial charge in [-0.2, -0.15) is 0 Å². The Balaban J connectivity index is 1.43. The number of hydrogen-bond donors (Lipinski definition) is 1. The maximum Gasteiger partial charge on any atom is 0.362 e. The fourth-order valence-electron chi connectivity index (χ4n) is 4.22. The average molecular weight is 486 g/mol. The average Bonchev–Trinajstić information content (AvgIpc) is 3.22. The first-order chi connectivity index (χ1) is 16.2. The van der Waals surface area contributed by atoms with E-state index in [9.17, 15) is 18.3 Å². The standard InChI is InChI=1S/C24H27N3O6S/c1-32-19-9-3-16(4-10-19)15-27-23(22(24(28)29)25-26-27)33-20-11-5-17(6-12-20)18-7-13-21(14-8-18)34(2,30)31/h3-4,7-10,13-14,17,20H,5-6,11-12,15H2,1-2H3,(H,28,29). The number of ether oxygens (including phenoxy) is 2. The van der Waals surface area contributed by atoms with Crippen molar-refractivity contribution in [1.82, 2.24) is 15.0 Å². The first kappa shape index (κ1) is 23.7. The summed E-state index contributed by atoms with van der Waals surface area (Å²) in [6.45, 7) is 0.321. The van der Waals surface area contributed by atoms with Gasteiger partial charge in [-0.05, 0) is 67.0 Å². The Bertz CT molecular complexity index is 1240. The van der Waals surface area contributed by atoms with E-state index < -0.39 is 15.8 Å². The Morgan fingerprint density at radius 2 is 1.71 bits per heavy atom. The molecule has 10 heteroatoms. The van der Waals surface area contributed by atoms with Crippen LogP contribution >= 0.6 is 0 Å². The van der Waals surface area contributed by atoms with Crippen LogP contribution < -0.4 is 9.47 Å². The lowest BCUT2D eigenvalue weighted by atomic mass is 9.83. The minimum absolute atomic E-state index is 0.155. The summed E-state index contributed by atoms with van der Waals surface area (Å²) in [4.78, 5) is 12.0. The van der Waals surface area contributed by atoms with E-state index in [0.717, 1.165) is 42.6 Å². The van der Waals surface area contributed by atoms with E-state index in [1.54, 1.807) is 19.2 Å². The van der Waals surface area contributed by atoms with Crippen LogP contribution in [0.15, 0.2) is 53.4 Å². The summed E-state index contributed by atoms with van der Waals surface area (Å²) in [5, 5.41) is 17.4. The fraction of sp³-hybridized carbons (Fsp3) is 0.375. The third kappa shape index (κ3) is 5.39. The first-order valence-electron chi connectivity index (χ1n) is 11.0. The third-order valence-electron chi connectivity index (χ3n) is 6.12. The Morgan fingerprint density at radius 3 is 2.26 bits per heavy atom. The summed E-state index contributed by atoms with van der Waals surface area (Å²) in [6, 6.07) is 14.5. The van der Waals surface area contributed by atoms with Crippen molar-refractivity contribution >= 4 is 15.8 Å². The molecule has 0 bridgehead atoms. The summed E-state index contributed by atoms with van der Waals surface area (Å²) in [5.41, 5.74) is 1.81. The molecule has 2 aromatic carbocycles. The van der Waals surface area contributed by atoms with Crippen LogP contribution in [0, 0.1) is 0 Å². The van der Waals surface area contributed by atoms with Crippen LogP contribution in [0.25, 0.3) is 0 Å². The van der Waals surface area contributed by atoms with Gasteiger partial charge in [0.05, 0.1) is 18.6 Å². The molecule has 0 spiro atoms. The Morgan fingerprint density at radius 1 is 1.06 bits per heavy atom. The van der Waals surface area contributed by atoms with Crippen LogP contribution in [0.3, 0.4) is 0 Å². The van der Waals surface area contributed by atoms with Crippen molar-refractivity contribution in [3.8, 4) is 11.6 Å². The molecule has 1 aliphatic carbocycles. The van der Waals surface area contributed by atoms with Gasteiger partial charge < -0.3 is 14.6 Å². The molecule has 180 valence electrons. The second kappa shape index (κ2) is 9.84. The van der Waals surface area contributed by atoms with Gasteiger partial charge in [0, 0.05) is 6.26 Å². The minimum atomic E-state index is -3.22. The van der Waals surface area contributed by atoms with Crippen molar-refractivity contribution < 1.29 is 27.8 Å². The Hall–Kier alpha value is -3.40. The summed E-state index contributed by atoms with van der Waals surface area (Å²) >= 11 is 0. The smallest absolute Gasteiger partial charge is 0.362 e. The summed E-state index contributed by atoms with van der Waals surface area (Å²) < 4.78 is 36.2. The number of aromatic carboxylic acids is 1. The molecule has 9 nitrogen and oxygen atoms in total. The molecule has 0 atom stereocenters. The van der Waals surface area contributed by atoms with Crippen LogP contribution in [0.4, 0.5) is 0 Å². The van der Waals surface area contributed by atoms with Crippen molar-refractivity contribution in [2.24, 2.45) is 0 Å². The van der Waals surface area contributed by atoms with Crippen molar-refractivity contribution in [1.29, 1.82) is 0 Å². The monoisotopic (exact) mass is 485 g/mol. The predicted molar refractivity (Wildman–Crippen MR) is 124 cm³/mol.